The summed E-state index contributed by atoms with van der Waals surface area (Å²) >= 11 is 0. The number of hydrogen-bond donors (Lipinski definition) is 0. The summed E-state index contributed by atoms with van der Waals surface area (Å²) in [5, 5.41) is 0. The van der Waals surface area contributed by atoms with Crippen LogP contribution in [-0.4, -0.2) is 24.9 Å². The molecule has 0 fully saturated rings. The number of likely N-dealkylation sites (N-methyl/N-ethyl adjacent to an activating group) is 1. The predicted molar refractivity (Wildman–Crippen MR) is 84.9 cm³/mol. The molecule has 2 rings (SSSR count). The second-order valence-corrected chi connectivity index (χ2v) is 5.12. The van der Waals surface area contributed by atoms with E-state index in [9.17, 15) is 13.6 Å². The number of carbonyl (C=O) groups excluding carboxylic acids is 1. The third-order valence-electron chi connectivity index (χ3n) is 3.18. The topological polar surface area (TPSA) is 29.5 Å². The van der Waals surface area contributed by atoms with Gasteiger partial charge in [0.05, 0.1) is 5.56 Å². The molecule has 0 bridgehead atoms. The number of carbonyl (C=O) groups is 1. The average Bonchev–Trinajstić information content (AvgIpc) is 2.53. The highest BCUT2D eigenvalue weighted by Gasteiger charge is 2.08. The van der Waals surface area contributed by atoms with Crippen molar-refractivity contribution in [3.63, 3.8) is 0 Å². The second-order valence-electron chi connectivity index (χ2n) is 5.12. The average molecular weight is 317 g/mol. The lowest BCUT2D eigenvalue weighted by Gasteiger charge is -2.08. The summed E-state index contributed by atoms with van der Waals surface area (Å²) in [6.07, 6.45) is 3.15. The van der Waals surface area contributed by atoms with Gasteiger partial charge in [0.15, 0.2) is 0 Å². The lowest BCUT2D eigenvalue weighted by Crippen LogP contribution is -2.18. The van der Waals surface area contributed by atoms with E-state index in [0.29, 0.717) is 5.75 Å². The van der Waals surface area contributed by atoms with Crippen molar-refractivity contribution in [2.24, 2.45) is 0 Å². The highest BCUT2D eigenvalue weighted by atomic mass is 19.1. The fourth-order valence-corrected chi connectivity index (χ4v) is 1.82. The first-order valence-corrected chi connectivity index (χ1v) is 7.02. The number of benzene rings is 2. The predicted octanol–water partition coefficient (Wildman–Crippen LogP) is 3.65. The van der Waals surface area contributed by atoms with Crippen LogP contribution < -0.4 is 4.74 Å². The number of rotatable bonds is 5. The molecule has 2 aromatic carbocycles. The van der Waals surface area contributed by atoms with Gasteiger partial charge in [-0.2, -0.15) is 0 Å². The van der Waals surface area contributed by atoms with Crippen molar-refractivity contribution >= 4 is 12.0 Å². The number of halogens is 2. The van der Waals surface area contributed by atoms with E-state index in [1.165, 1.54) is 29.2 Å². The molecule has 0 saturated heterocycles. The molecular formula is C18H17F2NO2. The number of nitrogens with zero attached hydrogens (tertiary/aromatic N) is 1. The Morgan fingerprint density at radius 3 is 2.26 bits per heavy atom. The Bertz CT molecular complexity index is 689. The number of ether oxygens (including phenoxy) is 1. The zero-order chi connectivity index (χ0) is 16.8. The molecule has 0 aromatic heterocycles. The fourth-order valence-electron chi connectivity index (χ4n) is 1.82. The molecule has 0 aliphatic heterocycles. The summed E-state index contributed by atoms with van der Waals surface area (Å²) in [7, 11) is 3.34. The maximum atomic E-state index is 13.5. The van der Waals surface area contributed by atoms with Crippen molar-refractivity contribution in [2.45, 2.75) is 6.61 Å². The molecular weight excluding hydrogens is 300 g/mol. The third kappa shape index (κ3) is 4.64. The first-order chi connectivity index (χ1) is 11.0. The first-order valence-electron chi connectivity index (χ1n) is 7.02. The fraction of sp³-hybridized carbons (Fsp3) is 0.167. The molecule has 0 N–H and O–H groups in total. The van der Waals surface area contributed by atoms with E-state index in [2.05, 4.69) is 0 Å². The quantitative estimate of drug-likeness (QED) is 0.788. The van der Waals surface area contributed by atoms with Gasteiger partial charge in [0, 0.05) is 20.2 Å². The molecule has 2 aromatic rings. The molecule has 0 saturated carbocycles. The van der Waals surface area contributed by atoms with E-state index in [4.69, 9.17) is 4.74 Å². The van der Waals surface area contributed by atoms with Crippen molar-refractivity contribution in [1.29, 1.82) is 0 Å². The standard InChI is InChI=1S/C18H17F2NO2/c1-21(2)18(22)11-8-13-6-9-14(10-7-13)23-12-15-16(19)4-3-5-17(15)20/h3-11H,12H2,1-2H3. The maximum Gasteiger partial charge on any atom is 0.246 e. The Kier molecular flexibility index (Phi) is 5.46. The van der Waals surface area contributed by atoms with Gasteiger partial charge >= 0.3 is 0 Å². The van der Waals surface area contributed by atoms with Crippen molar-refractivity contribution < 1.29 is 18.3 Å². The Morgan fingerprint density at radius 1 is 1.09 bits per heavy atom. The van der Waals surface area contributed by atoms with E-state index in [-0.39, 0.29) is 18.1 Å². The van der Waals surface area contributed by atoms with Gasteiger partial charge in [-0.15, -0.1) is 0 Å². The Morgan fingerprint density at radius 2 is 1.70 bits per heavy atom. The SMILES string of the molecule is CN(C)C(=O)C=Cc1ccc(OCc2c(F)cccc2F)cc1. The molecule has 0 unspecified atom stereocenters. The van der Waals surface area contributed by atoms with Crippen LogP contribution in [0.2, 0.25) is 0 Å². The van der Waals surface area contributed by atoms with Crippen LogP contribution in [0.3, 0.4) is 0 Å². The van der Waals surface area contributed by atoms with Crippen LogP contribution in [0.15, 0.2) is 48.5 Å². The summed E-state index contributed by atoms with van der Waals surface area (Å²) in [6, 6.07) is 10.6. The summed E-state index contributed by atoms with van der Waals surface area (Å²) in [5.41, 5.74) is 0.720. The Hall–Kier alpha value is -2.69. The van der Waals surface area contributed by atoms with Gasteiger partial charge < -0.3 is 9.64 Å². The Balaban J connectivity index is 1.99. The molecule has 1 amide bonds. The van der Waals surface area contributed by atoms with Crippen LogP contribution in [0.4, 0.5) is 8.78 Å². The second kappa shape index (κ2) is 7.54. The summed E-state index contributed by atoms with van der Waals surface area (Å²) < 4.78 is 32.4. The maximum absolute atomic E-state index is 13.5. The van der Waals surface area contributed by atoms with Crippen molar-refractivity contribution in [3.05, 3.63) is 71.3 Å². The molecule has 0 spiro atoms. The van der Waals surface area contributed by atoms with E-state index in [1.54, 1.807) is 44.4 Å². The Labute approximate surface area is 133 Å². The van der Waals surface area contributed by atoms with Crippen LogP contribution in [0.5, 0.6) is 5.75 Å². The van der Waals surface area contributed by atoms with E-state index in [0.717, 1.165) is 5.56 Å². The molecule has 5 heteroatoms. The van der Waals surface area contributed by atoms with E-state index >= 15 is 0 Å². The number of hydrogen-bond acceptors (Lipinski definition) is 2. The summed E-state index contributed by atoms with van der Waals surface area (Å²) in [4.78, 5) is 12.9. The minimum Gasteiger partial charge on any atom is -0.489 e. The summed E-state index contributed by atoms with van der Waals surface area (Å²) in [5.74, 6) is -0.886. The van der Waals surface area contributed by atoms with Crippen LogP contribution in [0.1, 0.15) is 11.1 Å². The molecule has 0 heterocycles. The molecule has 0 aliphatic rings. The number of amides is 1. The van der Waals surface area contributed by atoms with E-state index < -0.39 is 11.6 Å². The lowest BCUT2D eigenvalue weighted by atomic mass is 10.2. The highest BCUT2D eigenvalue weighted by molar-refractivity contribution is 5.91. The van der Waals surface area contributed by atoms with Gasteiger partial charge in [-0.05, 0) is 35.9 Å². The minimum atomic E-state index is -0.633. The van der Waals surface area contributed by atoms with Gasteiger partial charge in [-0.3, -0.25) is 4.79 Å². The normalized spacial score (nSPS) is 10.8. The van der Waals surface area contributed by atoms with E-state index in [1.807, 2.05) is 0 Å². The highest BCUT2D eigenvalue weighted by Crippen LogP contribution is 2.18. The largest absolute Gasteiger partial charge is 0.489 e. The lowest BCUT2D eigenvalue weighted by molar-refractivity contribution is -0.123. The molecule has 3 nitrogen and oxygen atoms in total. The van der Waals surface area contributed by atoms with Crippen LogP contribution in [-0.2, 0) is 11.4 Å². The van der Waals surface area contributed by atoms with Crippen LogP contribution >= 0.6 is 0 Å². The smallest absolute Gasteiger partial charge is 0.246 e. The molecule has 0 atom stereocenters. The molecule has 0 radical (unpaired) electrons. The van der Waals surface area contributed by atoms with Crippen LogP contribution in [0, 0.1) is 11.6 Å². The zero-order valence-corrected chi connectivity index (χ0v) is 12.9. The van der Waals surface area contributed by atoms with Gasteiger partial charge in [0.2, 0.25) is 5.91 Å². The minimum absolute atomic E-state index is 0.104. The van der Waals surface area contributed by atoms with Gasteiger partial charge in [0.1, 0.15) is 24.0 Å². The molecule has 120 valence electrons. The van der Waals surface area contributed by atoms with Crippen molar-refractivity contribution in [1.82, 2.24) is 4.90 Å². The molecule has 23 heavy (non-hydrogen) atoms. The molecule has 0 aliphatic carbocycles. The van der Waals surface area contributed by atoms with Crippen molar-refractivity contribution in [2.75, 3.05) is 14.1 Å². The zero-order valence-electron chi connectivity index (χ0n) is 12.9. The third-order valence-corrected chi connectivity index (χ3v) is 3.18. The van der Waals surface area contributed by atoms with Crippen LogP contribution in [0.25, 0.3) is 6.08 Å². The first kappa shape index (κ1) is 16.7. The van der Waals surface area contributed by atoms with Gasteiger partial charge in [0.25, 0.3) is 0 Å². The van der Waals surface area contributed by atoms with Gasteiger partial charge in [-0.25, -0.2) is 8.78 Å². The monoisotopic (exact) mass is 317 g/mol. The van der Waals surface area contributed by atoms with Gasteiger partial charge in [-0.1, -0.05) is 18.2 Å². The summed E-state index contributed by atoms with van der Waals surface area (Å²) in [6.45, 7) is -0.188. The van der Waals surface area contributed by atoms with Crippen molar-refractivity contribution in [3.8, 4) is 5.75 Å².